The van der Waals surface area contributed by atoms with Gasteiger partial charge in [0, 0.05) is 24.8 Å². The van der Waals surface area contributed by atoms with Crippen LogP contribution in [0.15, 0.2) is 12.3 Å². The average molecular weight is 281 g/mol. The molecule has 1 aliphatic rings. The van der Waals surface area contributed by atoms with Crippen molar-refractivity contribution >= 4 is 23.3 Å². The summed E-state index contributed by atoms with van der Waals surface area (Å²) in [7, 11) is 2.03. The molecule has 0 aliphatic heterocycles. The third kappa shape index (κ3) is 2.84. The second-order valence-corrected chi connectivity index (χ2v) is 5.73. The first-order valence-corrected chi connectivity index (χ1v) is 7.12. The van der Waals surface area contributed by atoms with E-state index in [4.69, 9.17) is 22.7 Å². The normalized spacial score (nSPS) is 23.1. The quantitative estimate of drug-likeness (QED) is 0.661. The van der Waals surface area contributed by atoms with E-state index < -0.39 is 0 Å². The molecule has 1 heterocycles. The van der Waals surface area contributed by atoms with E-state index in [9.17, 15) is 0 Å². The number of nitrogens with one attached hydrogen (secondary N) is 1. The predicted molar refractivity (Wildman–Crippen MR) is 80.1 cm³/mol. The average Bonchev–Trinajstić information content (AvgIpc) is 2.38. The fourth-order valence-electron chi connectivity index (χ4n) is 2.92. The van der Waals surface area contributed by atoms with Crippen molar-refractivity contribution in [3.63, 3.8) is 0 Å². The van der Waals surface area contributed by atoms with E-state index >= 15 is 0 Å². The summed E-state index contributed by atoms with van der Waals surface area (Å²) >= 11 is 6.34. The highest BCUT2D eigenvalue weighted by atomic mass is 35.5. The van der Waals surface area contributed by atoms with Gasteiger partial charge in [-0.1, -0.05) is 31.4 Å². The molecule has 2 rings (SSSR count). The second-order valence-electron chi connectivity index (χ2n) is 5.35. The van der Waals surface area contributed by atoms with Crippen molar-refractivity contribution in [3.8, 4) is 0 Å². The zero-order valence-corrected chi connectivity index (χ0v) is 12.2. The maximum absolute atomic E-state index is 7.54. The molecular weight excluding hydrogens is 260 g/mol. The molecule has 4 nitrogen and oxygen atoms in total. The van der Waals surface area contributed by atoms with Gasteiger partial charge in [0.2, 0.25) is 0 Å². The molecule has 5 heteroatoms. The Morgan fingerprint density at radius 1 is 1.47 bits per heavy atom. The van der Waals surface area contributed by atoms with Gasteiger partial charge in [-0.2, -0.15) is 0 Å². The number of amidine groups is 1. The highest BCUT2D eigenvalue weighted by Crippen LogP contribution is 2.33. The number of rotatable bonds is 3. The van der Waals surface area contributed by atoms with Gasteiger partial charge < -0.3 is 10.6 Å². The van der Waals surface area contributed by atoms with E-state index in [-0.39, 0.29) is 5.84 Å². The summed E-state index contributed by atoms with van der Waals surface area (Å²) < 4.78 is 0. The van der Waals surface area contributed by atoms with Gasteiger partial charge >= 0.3 is 0 Å². The van der Waals surface area contributed by atoms with E-state index in [2.05, 4.69) is 16.8 Å². The smallest absolute Gasteiger partial charge is 0.148 e. The van der Waals surface area contributed by atoms with E-state index in [0.29, 0.717) is 22.5 Å². The van der Waals surface area contributed by atoms with Crippen LogP contribution >= 0.6 is 11.6 Å². The minimum absolute atomic E-state index is 0.0151. The minimum atomic E-state index is -0.0151. The molecule has 1 fully saturated rings. The molecule has 0 aromatic carbocycles. The van der Waals surface area contributed by atoms with Crippen molar-refractivity contribution in [2.45, 2.75) is 38.6 Å². The van der Waals surface area contributed by atoms with Crippen molar-refractivity contribution in [2.75, 3.05) is 11.9 Å². The van der Waals surface area contributed by atoms with Gasteiger partial charge in [-0.3, -0.25) is 5.41 Å². The summed E-state index contributed by atoms with van der Waals surface area (Å²) in [6.07, 6.45) is 6.64. The molecule has 1 aliphatic carbocycles. The molecule has 1 aromatic rings. The third-order valence-corrected chi connectivity index (χ3v) is 4.43. The molecule has 104 valence electrons. The lowest BCUT2D eigenvalue weighted by atomic mass is 9.85. The molecular formula is C14H21ClN4. The molecule has 0 radical (unpaired) electrons. The van der Waals surface area contributed by atoms with Gasteiger partial charge in [-0.05, 0) is 24.8 Å². The van der Waals surface area contributed by atoms with Crippen LogP contribution in [0.2, 0.25) is 5.02 Å². The lowest BCUT2D eigenvalue weighted by Gasteiger charge is -2.37. The number of hydrogen-bond donors (Lipinski definition) is 2. The minimum Gasteiger partial charge on any atom is -0.384 e. The van der Waals surface area contributed by atoms with Gasteiger partial charge in [0.25, 0.3) is 0 Å². The number of nitrogen functional groups attached to an aromatic ring is 1. The first kappa shape index (κ1) is 14.1. The van der Waals surface area contributed by atoms with Crippen LogP contribution in [-0.2, 0) is 0 Å². The Morgan fingerprint density at radius 2 is 2.16 bits per heavy atom. The van der Waals surface area contributed by atoms with Gasteiger partial charge in [-0.25, -0.2) is 4.98 Å². The van der Waals surface area contributed by atoms with Crippen LogP contribution in [0.1, 0.15) is 38.2 Å². The summed E-state index contributed by atoms with van der Waals surface area (Å²) in [5.41, 5.74) is 6.10. The largest absolute Gasteiger partial charge is 0.384 e. The SMILES string of the molecule is CC1CCCCC1N(C)c1nccc(C(=N)N)c1Cl. The Morgan fingerprint density at radius 3 is 2.79 bits per heavy atom. The van der Waals surface area contributed by atoms with Gasteiger partial charge in [0.05, 0.1) is 5.02 Å². The van der Waals surface area contributed by atoms with Crippen LogP contribution in [0.5, 0.6) is 0 Å². The zero-order chi connectivity index (χ0) is 14.0. The number of nitrogens with two attached hydrogens (primary N) is 1. The van der Waals surface area contributed by atoms with Crippen molar-refractivity contribution < 1.29 is 0 Å². The van der Waals surface area contributed by atoms with E-state index in [0.717, 1.165) is 5.82 Å². The van der Waals surface area contributed by atoms with Crippen LogP contribution in [0.4, 0.5) is 5.82 Å². The van der Waals surface area contributed by atoms with E-state index in [1.807, 2.05) is 7.05 Å². The lowest BCUT2D eigenvalue weighted by molar-refractivity contribution is 0.320. The van der Waals surface area contributed by atoms with Crippen molar-refractivity contribution in [3.05, 3.63) is 22.8 Å². The fourth-order valence-corrected chi connectivity index (χ4v) is 3.26. The Hall–Kier alpha value is -1.29. The van der Waals surface area contributed by atoms with Crippen molar-refractivity contribution in [1.29, 1.82) is 5.41 Å². The third-order valence-electron chi connectivity index (χ3n) is 4.06. The maximum atomic E-state index is 7.54. The Kier molecular flexibility index (Phi) is 4.30. The molecule has 0 spiro atoms. The van der Waals surface area contributed by atoms with Gasteiger partial charge in [0.1, 0.15) is 11.7 Å². The first-order valence-electron chi connectivity index (χ1n) is 6.74. The Balaban J connectivity index is 2.30. The van der Waals surface area contributed by atoms with Crippen LogP contribution in [0.3, 0.4) is 0 Å². The van der Waals surface area contributed by atoms with Crippen molar-refractivity contribution in [1.82, 2.24) is 4.98 Å². The predicted octanol–water partition coefficient (Wildman–Crippen LogP) is 3.03. The standard InChI is InChI=1S/C14H21ClN4/c1-9-5-3-4-6-11(9)19(2)14-12(15)10(13(16)17)7-8-18-14/h7-9,11H,3-6H2,1-2H3,(H3,16,17). The number of nitrogens with zero attached hydrogens (tertiary/aromatic N) is 2. The number of hydrogen-bond acceptors (Lipinski definition) is 3. The summed E-state index contributed by atoms with van der Waals surface area (Å²) in [5.74, 6) is 1.35. The number of aromatic nitrogens is 1. The monoisotopic (exact) mass is 280 g/mol. The second kappa shape index (κ2) is 5.78. The van der Waals surface area contributed by atoms with Gasteiger partial charge in [0.15, 0.2) is 0 Å². The molecule has 3 N–H and O–H groups in total. The van der Waals surface area contributed by atoms with Crippen molar-refractivity contribution in [2.24, 2.45) is 11.7 Å². The fraction of sp³-hybridized carbons (Fsp3) is 0.571. The summed E-state index contributed by atoms with van der Waals surface area (Å²) in [6, 6.07) is 2.15. The summed E-state index contributed by atoms with van der Waals surface area (Å²) in [4.78, 5) is 6.52. The first-order chi connectivity index (χ1) is 9.02. The molecule has 1 saturated carbocycles. The van der Waals surface area contributed by atoms with E-state index in [1.54, 1.807) is 12.3 Å². The highest BCUT2D eigenvalue weighted by molar-refractivity contribution is 6.36. The topological polar surface area (TPSA) is 66.0 Å². The van der Waals surface area contributed by atoms with Crippen LogP contribution in [0.25, 0.3) is 0 Å². The highest BCUT2D eigenvalue weighted by Gasteiger charge is 2.27. The Labute approximate surface area is 119 Å². The summed E-state index contributed by atoms with van der Waals surface area (Å²) in [5, 5.41) is 8.03. The molecule has 0 amide bonds. The van der Waals surface area contributed by atoms with Gasteiger partial charge in [-0.15, -0.1) is 0 Å². The molecule has 1 aromatic heterocycles. The lowest BCUT2D eigenvalue weighted by Crippen LogP contribution is -2.39. The molecule has 0 bridgehead atoms. The van der Waals surface area contributed by atoms with Crippen LogP contribution in [0, 0.1) is 11.3 Å². The maximum Gasteiger partial charge on any atom is 0.148 e. The van der Waals surface area contributed by atoms with E-state index in [1.165, 1.54) is 25.7 Å². The molecule has 0 saturated heterocycles. The zero-order valence-electron chi connectivity index (χ0n) is 11.5. The number of pyridine rings is 1. The number of halogens is 1. The summed E-state index contributed by atoms with van der Waals surface area (Å²) in [6.45, 7) is 2.28. The molecule has 2 atom stereocenters. The number of anilines is 1. The van der Waals surface area contributed by atoms with Crippen LogP contribution in [-0.4, -0.2) is 23.9 Å². The molecule has 19 heavy (non-hydrogen) atoms. The Bertz CT molecular complexity index is 475. The molecule has 2 unspecified atom stereocenters. The van der Waals surface area contributed by atoms with Crippen LogP contribution < -0.4 is 10.6 Å².